The third-order valence-corrected chi connectivity index (χ3v) is 2.73. The minimum atomic E-state index is -0.620. The minimum absolute atomic E-state index is 0.107. The minimum Gasteiger partial charge on any atom is -0.339 e. The molecule has 0 aromatic heterocycles. The van der Waals surface area contributed by atoms with Gasteiger partial charge in [-0.05, 0) is 17.7 Å². The molecule has 1 aliphatic rings. The maximum atomic E-state index is 11.9. The van der Waals surface area contributed by atoms with Crippen LogP contribution in [0.3, 0.4) is 0 Å². The zero-order valence-corrected chi connectivity index (χ0v) is 9.49. The molecular formula is C11H11ClN2O2. The van der Waals surface area contributed by atoms with Gasteiger partial charge in [0.15, 0.2) is 0 Å². The van der Waals surface area contributed by atoms with Crippen LogP contribution in [0, 0.1) is 0 Å². The van der Waals surface area contributed by atoms with Crippen molar-refractivity contribution in [1.82, 2.24) is 10.2 Å². The Morgan fingerprint density at radius 3 is 2.88 bits per heavy atom. The topological polar surface area (TPSA) is 49.4 Å². The molecule has 1 fully saturated rings. The summed E-state index contributed by atoms with van der Waals surface area (Å²) in [6, 6.07) is 6.32. The summed E-state index contributed by atoms with van der Waals surface area (Å²) in [4.78, 5) is 24.6. The van der Waals surface area contributed by atoms with E-state index >= 15 is 0 Å². The summed E-state index contributed by atoms with van der Waals surface area (Å²) in [5.41, 5.74) is 0.706. The lowest BCUT2D eigenvalue weighted by Gasteiger charge is -2.29. The highest BCUT2D eigenvalue weighted by molar-refractivity contribution is 6.30. The molecule has 1 aromatic rings. The lowest BCUT2D eigenvalue weighted by atomic mass is 10.0. The normalized spacial score (nSPS) is 20.9. The second-order valence-corrected chi connectivity index (χ2v) is 4.19. The van der Waals surface area contributed by atoms with Crippen LogP contribution in [0.2, 0.25) is 5.02 Å². The molecule has 1 aromatic carbocycles. The predicted octanol–water partition coefficient (Wildman–Crippen LogP) is 0.969. The number of nitrogens with one attached hydrogen (secondary N) is 1. The van der Waals surface area contributed by atoms with Crippen LogP contribution in [0.4, 0.5) is 0 Å². The number of carbonyl (C=O) groups excluding carboxylic acids is 2. The number of benzene rings is 1. The van der Waals surface area contributed by atoms with Crippen LogP contribution in [-0.2, 0) is 9.59 Å². The largest absolute Gasteiger partial charge is 0.339 e. The highest BCUT2D eigenvalue weighted by Gasteiger charge is 2.31. The van der Waals surface area contributed by atoms with E-state index in [1.54, 1.807) is 31.3 Å². The first-order valence-corrected chi connectivity index (χ1v) is 5.25. The van der Waals surface area contributed by atoms with Crippen LogP contribution in [0.5, 0.6) is 0 Å². The fourth-order valence-corrected chi connectivity index (χ4v) is 1.89. The average Bonchev–Trinajstić information content (AvgIpc) is 2.23. The Morgan fingerprint density at radius 1 is 1.44 bits per heavy atom. The molecule has 0 unspecified atom stereocenters. The van der Waals surface area contributed by atoms with Gasteiger partial charge in [-0.1, -0.05) is 23.7 Å². The van der Waals surface area contributed by atoms with Gasteiger partial charge in [-0.3, -0.25) is 9.59 Å². The van der Waals surface area contributed by atoms with Crippen LogP contribution in [-0.4, -0.2) is 30.3 Å². The van der Waals surface area contributed by atoms with E-state index in [0.29, 0.717) is 10.6 Å². The molecule has 1 heterocycles. The first kappa shape index (κ1) is 11.0. The lowest BCUT2D eigenvalue weighted by molar-refractivity contribution is -0.143. The smallest absolute Gasteiger partial charge is 0.250 e. The van der Waals surface area contributed by atoms with E-state index in [-0.39, 0.29) is 18.4 Å². The van der Waals surface area contributed by atoms with Crippen molar-refractivity contribution < 1.29 is 9.59 Å². The molecule has 84 valence electrons. The zero-order valence-electron chi connectivity index (χ0n) is 8.74. The van der Waals surface area contributed by atoms with Crippen molar-refractivity contribution in [2.24, 2.45) is 0 Å². The number of rotatable bonds is 1. The summed E-state index contributed by atoms with van der Waals surface area (Å²) in [6.45, 7) is 0.107. The Bertz CT molecular complexity index is 447. The quantitative estimate of drug-likeness (QED) is 0.793. The van der Waals surface area contributed by atoms with Crippen molar-refractivity contribution in [3.05, 3.63) is 34.9 Å². The number of halogens is 1. The summed E-state index contributed by atoms with van der Waals surface area (Å²) in [5, 5.41) is 3.20. The summed E-state index contributed by atoms with van der Waals surface area (Å²) in [7, 11) is 1.61. The van der Waals surface area contributed by atoms with E-state index < -0.39 is 6.04 Å². The summed E-state index contributed by atoms with van der Waals surface area (Å²) < 4.78 is 0. The Hall–Kier alpha value is -1.55. The highest BCUT2D eigenvalue weighted by Crippen LogP contribution is 2.21. The fraction of sp³-hybridized carbons (Fsp3) is 0.273. The van der Waals surface area contributed by atoms with Gasteiger partial charge in [-0.15, -0.1) is 0 Å². The molecule has 2 amide bonds. The molecule has 0 radical (unpaired) electrons. The van der Waals surface area contributed by atoms with E-state index in [1.165, 1.54) is 4.90 Å². The molecule has 0 bridgehead atoms. The number of hydrogen-bond acceptors (Lipinski definition) is 2. The van der Waals surface area contributed by atoms with Gasteiger partial charge in [0.25, 0.3) is 0 Å². The zero-order chi connectivity index (χ0) is 11.7. The van der Waals surface area contributed by atoms with Crippen LogP contribution >= 0.6 is 11.6 Å². The van der Waals surface area contributed by atoms with Crippen molar-refractivity contribution in [3.8, 4) is 0 Å². The van der Waals surface area contributed by atoms with Crippen LogP contribution in [0.25, 0.3) is 0 Å². The van der Waals surface area contributed by atoms with Gasteiger partial charge >= 0.3 is 0 Å². The first-order chi connectivity index (χ1) is 7.58. The Kier molecular flexibility index (Phi) is 2.83. The van der Waals surface area contributed by atoms with Gasteiger partial charge < -0.3 is 10.2 Å². The fourth-order valence-electron chi connectivity index (χ4n) is 1.69. The van der Waals surface area contributed by atoms with Gasteiger partial charge in [-0.25, -0.2) is 0 Å². The number of amides is 2. The first-order valence-electron chi connectivity index (χ1n) is 4.88. The maximum Gasteiger partial charge on any atom is 0.250 e. The molecule has 0 aliphatic carbocycles. The monoisotopic (exact) mass is 238 g/mol. The maximum absolute atomic E-state index is 11.9. The molecule has 1 N–H and O–H groups in total. The number of hydrogen-bond donors (Lipinski definition) is 1. The van der Waals surface area contributed by atoms with Gasteiger partial charge in [0, 0.05) is 12.1 Å². The third kappa shape index (κ3) is 2.02. The standard InChI is InChI=1S/C11H11ClN2O2/c1-14-6-9(15)13-10(11(14)16)7-3-2-4-8(12)5-7/h2-5,10H,6H2,1H3,(H,13,15)/t10-/m1/s1. The van der Waals surface area contributed by atoms with E-state index in [1.807, 2.05) is 0 Å². The SMILES string of the molecule is CN1CC(=O)N[C@H](c2cccc(Cl)c2)C1=O. The molecule has 0 spiro atoms. The molecular weight excluding hydrogens is 228 g/mol. The van der Waals surface area contributed by atoms with Crippen molar-refractivity contribution in [1.29, 1.82) is 0 Å². The van der Waals surface area contributed by atoms with Crippen molar-refractivity contribution >= 4 is 23.4 Å². The van der Waals surface area contributed by atoms with Gasteiger partial charge in [0.05, 0.1) is 6.54 Å². The van der Waals surface area contributed by atoms with Gasteiger partial charge in [0.2, 0.25) is 11.8 Å². The molecule has 0 saturated carbocycles. The number of likely N-dealkylation sites (N-methyl/N-ethyl adjacent to an activating group) is 1. The summed E-state index contributed by atoms with van der Waals surface area (Å²) in [6.07, 6.45) is 0. The molecule has 16 heavy (non-hydrogen) atoms. The Labute approximate surface area is 98.2 Å². The average molecular weight is 239 g/mol. The van der Waals surface area contributed by atoms with Crippen LogP contribution in [0.1, 0.15) is 11.6 Å². The second kappa shape index (κ2) is 4.14. The van der Waals surface area contributed by atoms with Crippen molar-refractivity contribution in [2.75, 3.05) is 13.6 Å². The molecule has 1 aliphatic heterocycles. The summed E-state index contributed by atoms with van der Waals surface area (Å²) in [5.74, 6) is -0.283. The van der Waals surface area contributed by atoms with E-state index in [0.717, 1.165) is 0 Å². The highest BCUT2D eigenvalue weighted by atomic mass is 35.5. The number of carbonyl (C=O) groups is 2. The van der Waals surface area contributed by atoms with Crippen LogP contribution in [0.15, 0.2) is 24.3 Å². The Morgan fingerprint density at radius 2 is 2.19 bits per heavy atom. The lowest BCUT2D eigenvalue weighted by Crippen LogP contribution is -2.51. The second-order valence-electron chi connectivity index (χ2n) is 3.75. The van der Waals surface area contributed by atoms with E-state index in [2.05, 4.69) is 5.32 Å². The predicted molar refractivity (Wildman–Crippen MR) is 60.0 cm³/mol. The molecule has 5 heteroatoms. The molecule has 2 rings (SSSR count). The molecule has 1 atom stereocenters. The van der Waals surface area contributed by atoms with Crippen molar-refractivity contribution in [3.63, 3.8) is 0 Å². The number of nitrogens with zero attached hydrogens (tertiary/aromatic N) is 1. The Balaban J connectivity index is 2.32. The molecule has 4 nitrogen and oxygen atoms in total. The van der Waals surface area contributed by atoms with E-state index in [4.69, 9.17) is 11.6 Å². The summed E-state index contributed by atoms with van der Waals surface area (Å²) >= 11 is 5.85. The van der Waals surface area contributed by atoms with Crippen molar-refractivity contribution in [2.45, 2.75) is 6.04 Å². The third-order valence-electron chi connectivity index (χ3n) is 2.49. The van der Waals surface area contributed by atoms with Gasteiger partial charge in [0.1, 0.15) is 6.04 Å². The molecule has 1 saturated heterocycles. The number of piperazine rings is 1. The van der Waals surface area contributed by atoms with E-state index in [9.17, 15) is 9.59 Å². The van der Waals surface area contributed by atoms with Gasteiger partial charge in [-0.2, -0.15) is 0 Å². The van der Waals surface area contributed by atoms with Crippen LogP contribution < -0.4 is 5.32 Å².